The summed E-state index contributed by atoms with van der Waals surface area (Å²) in [5, 5.41) is 11.9. The molecule has 1 atom stereocenters. The number of nitrogens with zero attached hydrogens (tertiary/aromatic N) is 2. The van der Waals surface area contributed by atoms with Crippen LogP contribution in [0.15, 0.2) is 48.8 Å². The van der Waals surface area contributed by atoms with Crippen LogP contribution in [-0.2, 0) is 6.18 Å². The summed E-state index contributed by atoms with van der Waals surface area (Å²) in [5.41, 5.74) is 0.0794. The molecule has 0 spiro atoms. The van der Waals surface area contributed by atoms with Crippen molar-refractivity contribution in [1.29, 1.82) is 0 Å². The Balaban J connectivity index is 1.85. The number of halogens is 3. The molecule has 0 aliphatic carbocycles. The van der Waals surface area contributed by atoms with Crippen molar-refractivity contribution in [1.82, 2.24) is 20.5 Å². The van der Waals surface area contributed by atoms with E-state index in [2.05, 4.69) is 32.4 Å². The van der Waals surface area contributed by atoms with Crippen molar-refractivity contribution in [3.63, 3.8) is 0 Å². The number of aromatic nitrogens is 3. The van der Waals surface area contributed by atoms with Gasteiger partial charge in [-0.2, -0.15) is 13.2 Å². The van der Waals surface area contributed by atoms with Crippen LogP contribution < -0.4 is 15.4 Å². The predicted octanol–water partition coefficient (Wildman–Crippen LogP) is 4.22. The van der Waals surface area contributed by atoms with E-state index >= 15 is 0 Å². The third-order valence-corrected chi connectivity index (χ3v) is 3.94. The largest absolute Gasteiger partial charge is 0.479 e. The first kappa shape index (κ1) is 18.6. The molecule has 6 nitrogen and oxygen atoms in total. The van der Waals surface area contributed by atoms with Crippen LogP contribution >= 0.6 is 0 Å². The maximum Gasteiger partial charge on any atom is 0.434 e. The molecule has 2 aromatic heterocycles. The average Bonchev–Trinajstić information content (AvgIpc) is 3.03. The molecule has 2 heterocycles. The summed E-state index contributed by atoms with van der Waals surface area (Å²) in [6.07, 6.45) is -4.67. The normalized spacial score (nSPS) is 12.6. The highest BCUT2D eigenvalue weighted by Gasteiger charge is 2.37. The van der Waals surface area contributed by atoms with E-state index in [1.54, 1.807) is 0 Å². The second-order valence-corrected chi connectivity index (χ2v) is 5.89. The van der Waals surface area contributed by atoms with E-state index in [4.69, 9.17) is 4.74 Å². The number of alkyl halides is 3. The van der Waals surface area contributed by atoms with Gasteiger partial charge in [-0.15, -0.1) is 5.10 Å². The van der Waals surface area contributed by atoms with Crippen molar-refractivity contribution >= 4 is 16.7 Å². The highest BCUT2D eigenvalue weighted by atomic mass is 19.4. The third kappa shape index (κ3) is 3.97. The van der Waals surface area contributed by atoms with Crippen molar-refractivity contribution in [2.45, 2.75) is 19.1 Å². The third-order valence-electron chi connectivity index (χ3n) is 3.94. The first-order chi connectivity index (χ1) is 12.8. The van der Waals surface area contributed by atoms with Crippen LogP contribution in [0.25, 0.3) is 10.9 Å². The number of ether oxygens (including phenoxy) is 1. The minimum atomic E-state index is -4.67. The van der Waals surface area contributed by atoms with Gasteiger partial charge in [0, 0.05) is 12.1 Å². The quantitative estimate of drug-likeness (QED) is 0.600. The Kier molecular flexibility index (Phi) is 4.93. The van der Waals surface area contributed by atoms with Gasteiger partial charge in [-0.05, 0) is 12.5 Å². The zero-order valence-electron chi connectivity index (χ0n) is 14.7. The molecule has 9 heteroatoms. The molecule has 1 aromatic carbocycles. The molecular weight excluding hydrogens is 359 g/mol. The number of hydrogen-bond acceptors (Lipinski definition) is 5. The summed E-state index contributed by atoms with van der Waals surface area (Å²) in [7, 11) is 1.25. The Bertz CT molecular complexity index is 953. The fourth-order valence-corrected chi connectivity index (χ4v) is 2.71. The van der Waals surface area contributed by atoms with Gasteiger partial charge in [0.05, 0.1) is 23.8 Å². The Morgan fingerprint density at radius 1 is 1.26 bits per heavy atom. The van der Waals surface area contributed by atoms with Crippen molar-refractivity contribution in [3.8, 4) is 5.88 Å². The molecule has 0 unspecified atom stereocenters. The van der Waals surface area contributed by atoms with Gasteiger partial charge in [-0.3, -0.25) is 5.10 Å². The van der Waals surface area contributed by atoms with E-state index in [-0.39, 0.29) is 28.6 Å². The second kappa shape index (κ2) is 7.18. The fourth-order valence-electron chi connectivity index (χ4n) is 2.71. The van der Waals surface area contributed by atoms with Gasteiger partial charge in [0.1, 0.15) is 5.82 Å². The molecular formula is C18H18F3N5O. The number of aromatic amines is 1. The summed E-state index contributed by atoms with van der Waals surface area (Å²) >= 11 is 0. The van der Waals surface area contributed by atoms with E-state index in [1.165, 1.54) is 13.2 Å². The van der Waals surface area contributed by atoms with Crippen LogP contribution in [0.3, 0.4) is 0 Å². The Morgan fingerprint density at radius 3 is 2.59 bits per heavy atom. The van der Waals surface area contributed by atoms with Gasteiger partial charge >= 0.3 is 6.18 Å². The Hall–Kier alpha value is -3.23. The van der Waals surface area contributed by atoms with Crippen molar-refractivity contribution in [2.24, 2.45) is 0 Å². The van der Waals surface area contributed by atoms with Crippen molar-refractivity contribution in [3.05, 3.63) is 60.1 Å². The van der Waals surface area contributed by atoms with Crippen LogP contribution in [-0.4, -0.2) is 22.3 Å². The van der Waals surface area contributed by atoms with Crippen LogP contribution in [0.4, 0.5) is 19.0 Å². The number of anilines is 1. The lowest BCUT2D eigenvalue weighted by atomic mass is 10.1. The zero-order valence-corrected chi connectivity index (χ0v) is 14.7. The molecule has 3 aromatic rings. The van der Waals surface area contributed by atoms with Crippen LogP contribution in [0.2, 0.25) is 0 Å². The minimum Gasteiger partial charge on any atom is -0.479 e. The second-order valence-electron chi connectivity index (χ2n) is 5.89. The van der Waals surface area contributed by atoms with Crippen LogP contribution in [0.1, 0.15) is 24.2 Å². The fraction of sp³-hybridized carbons (Fsp3) is 0.222. The molecule has 27 heavy (non-hydrogen) atoms. The molecule has 0 amide bonds. The SMILES string of the molecule is C=C(Nc1cc2[nH]nc(OC)c2c(C(F)(F)F)n1)N[C@H](C)c1ccccc1. The molecule has 3 rings (SSSR count). The molecule has 0 saturated carbocycles. The van der Waals surface area contributed by atoms with E-state index in [0.717, 1.165) is 5.56 Å². The van der Waals surface area contributed by atoms with E-state index < -0.39 is 11.9 Å². The Labute approximate surface area is 153 Å². The molecule has 142 valence electrons. The molecule has 0 aliphatic heterocycles. The number of hydrogen-bond donors (Lipinski definition) is 3. The summed E-state index contributed by atoms with van der Waals surface area (Å²) in [6, 6.07) is 10.9. The topological polar surface area (TPSA) is 74.9 Å². The van der Waals surface area contributed by atoms with Gasteiger partial charge in [0.15, 0.2) is 5.69 Å². The predicted molar refractivity (Wildman–Crippen MR) is 96.2 cm³/mol. The monoisotopic (exact) mass is 377 g/mol. The Morgan fingerprint density at radius 2 is 1.96 bits per heavy atom. The lowest BCUT2D eigenvalue weighted by Crippen LogP contribution is -2.23. The first-order valence-corrected chi connectivity index (χ1v) is 8.07. The highest BCUT2D eigenvalue weighted by Crippen LogP contribution is 2.38. The standard InChI is InChI=1S/C18H18F3N5O/c1-10(12-7-5-4-6-8-12)22-11(2)23-14-9-13-15(17(27-3)26-25-13)16(24-14)18(19,20)21/h4-10,22H,2H2,1,3H3,(H,23,24)(H,25,26)/t10-/m1/s1. The minimum absolute atomic E-state index is 0.0149. The summed E-state index contributed by atoms with van der Waals surface area (Å²) in [4.78, 5) is 3.70. The number of fused-ring (bicyclic) bond motifs is 1. The van der Waals surface area contributed by atoms with E-state index in [1.807, 2.05) is 37.3 Å². The van der Waals surface area contributed by atoms with Crippen molar-refractivity contribution < 1.29 is 17.9 Å². The number of nitrogens with one attached hydrogen (secondary N) is 3. The molecule has 0 bridgehead atoms. The first-order valence-electron chi connectivity index (χ1n) is 8.07. The number of H-pyrrole nitrogens is 1. The maximum atomic E-state index is 13.4. The number of methoxy groups -OCH3 is 1. The van der Waals surface area contributed by atoms with Crippen LogP contribution in [0.5, 0.6) is 5.88 Å². The number of rotatable bonds is 6. The molecule has 0 radical (unpaired) electrons. The number of benzene rings is 1. The summed E-state index contributed by atoms with van der Waals surface area (Å²) < 4.78 is 45.2. The summed E-state index contributed by atoms with van der Waals surface area (Å²) in [5.74, 6) is 0.141. The van der Waals surface area contributed by atoms with Gasteiger partial charge in [0.25, 0.3) is 0 Å². The zero-order chi connectivity index (χ0) is 19.6. The van der Waals surface area contributed by atoms with Gasteiger partial charge < -0.3 is 15.4 Å². The molecule has 3 N–H and O–H groups in total. The molecule has 0 saturated heterocycles. The van der Waals surface area contributed by atoms with Crippen LogP contribution in [0, 0.1) is 0 Å². The lowest BCUT2D eigenvalue weighted by Gasteiger charge is -2.19. The highest BCUT2D eigenvalue weighted by molar-refractivity contribution is 5.88. The van der Waals surface area contributed by atoms with Crippen molar-refractivity contribution in [2.75, 3.05) is 12.4 Å². The van der Waals surface area contributed by atoms with E-state index in [0.29, 0.717) is 5.82 Å². The summed E-state index contributed by atoms with van der Waals surface area (Å²) in [6.45, 7) is 5.73. The molecule has 0 aliphatic rings. The average molecular weight is 377 g/mol. The van der Waals surface area contributed by atoms with E-state index in [9.17, 15) is 13.2 Å². The van der Waals surface area contributed by atoms with Gasteiger partial charge in [-0.25, -0.2) is 4.98 Å². The maximum absolute atomic E-state index is 13.4. The lowest BCUT2D eigenvalue weighted by molar-refractivity contribution is -0.139. The van der Waals surface area contributed by atoms with Gasteiger partial charge in [-0.1, -0.05) is 36.9 Å². The number of pyridine rings is 1. The smallest absolute Gasteiger partial charge is 0.434 e. The molecule has 0 fully saturated rings. The van der Waals surface area contributed by atoms with Gasteiger partial charge in [0.2, 0.25) is 5.88 Å².